The highest BCUT2D eigenvalue weighted by molar-refractivity contribution is 5.79. The molecule has 0 aliphatic heterocycles. The fourth-order valence-corrected chi connectivity index (χ4v) is 2.32. The van der Waals surface area contributed by atoms with Crippen LogP contribution in [0.2, 0.25) is 0 Å². The number of nitrogens with zero attached hydrogens (tertiary/aromatic N) is 2. The average molecular weight is 319 g/mol. The lowest BCUT2D eigenvalue weighted by atomic mass is 10.3. The number of aromatic nitrogens is 2. The van der Waals surface area contributed by atoms with Gasteiger partial charge in [-0.05, 0) is 19.1 Å². The van der Waals surface area contributed by atoms with Gasteiger partial charge in [-0.2, -0.15) is 0 Å². The quantitative estimate of drug-likeness (QED) is 0.731. The highest BCUT2D eigenvalue weighted by Crippen LogP contribution is 2.16. The third-order valence-electron chi connectivity index (χ3n) is 3.27. The zero-order valence-electron chi connectivity index (χ0n) is 13.4. The van der Waals surface area contributed by atoms with Gasteiger partial charge in [0.05, 0.1) is 17.6 Å². The summed E-state index contributed by atoms with van der Waals surface area (Å²) in [6.45, 7) is 2.67. The SMILES string of the molecule is CCOC(=O)Cn1c(CCNC(=O)COC)nc2ccccc21. The first-order chi connectivity index (χ1) is 11.2. The summed E-state index contributed by atoms with van der Waals surface area (Å²) < 4.78 is 11.6. The molecule has 124 valence electrons. The van der Waals surface area contributed by atoms with Gasteiger partial charge < -0.3 is 19.4 Å². The maximum Gasteiger partial charge on any atom is 0.326 e. The van der Waals surface area contributed by atoms with E-state index in [-0.39, 0.29) is 25.0 Å². The van der Waals surface area contributed by atoms with E-state index in [1.165, 1.54) is 7.11 Å². The number of carbonyl (C=O) groups excluding carboxylic acids is 2. The van der Waals surface area contributed by atoms with Crippen LogP contribution in [0.15, 0.2) is 24.3 Å². The van der Waals surface area contributed by atoms with E-state index in [9.17, 15) is 9.59 Å². The summed E-state index contributed by atoms with van der Waals surface area (Å²) in [5.74, 6) is 0.248. The Kier molecular flexibility index (Phi) is 6.10. The van der Waals surface area contributed by atoms with Gasteiger partial charge in [-0.1, -0.05) is 12.1 Å². The van der Waals surface area contributed by atoms with Gasteiger partial charge in [-0.25, -0.2) is 4.98 Å². The van der Waals surface area contributed by atoms with E-state index in [4.69, 9.17) is 9.47 Å². The van der Waals surface area contributed by atoms with Crippen molar-refractivity contribution < 1.29 is 19.1 Å². The molecule has 0 radical (unpaired) electrons. The van der Waals surface area contributed by atoms with Crippen LogP contribution in [0.5, 0.6) is 0 Å². The van der Waals surface area contributed by atoms with Crippen molar-refractivity contribution in [1.29, 1.82) is 0 Å². The minimum absolute atomic E-state index is 0.0270. The lowest BCUT2D eigenvalue weighted by molar-refractivity contribution is -0.143. The first kappa shape index (κ1) is 17.0. The molecule has 1 heterocycles. The van der Waals surface area contributed by atoms with Crippen LogP contribution in [-0.2, 0) is 32.0 Å². The number of nitrogens with one attached hydrogen (secondary N) is 1. The second-order valence-electron chi connectivity index (χ2n) is 4.94. The van der Waals surface area contributed by atoms with E-state index >= 15 is 0 Å². The molecule has 2 aromatic rings. The summed E-state index contributed by atoms with van der Waals surface area (Å²) >= 11 is 0. The maximum absolute atomic E-state index is 11.8. The fourth-order valence-electron chi connectivity index (χ4n) is 2.32. The Morgan fingerprint density at radius 2 is 2.09 bits per heavy atom. The van der Waals surface area contributed by atoms with Gasteiger partial charge in [-0.15, -0.1) is 0 Å². The van der Waals surface area contributed by atoms with Gasteiger partial charge in [0.1, 0.15) is 19.0 Å². The third kappa shape index (κ3) is 4.53. The predicted octanol–water partition coefficient (Wildman–Crippen LogP) is 0.905. The lowest BCUT2D eigenvalue weighted by Gasteiger charge is -2.09. The lowest BCUT2D eigenvalue weighted by Crippen LogP contribution is -2.29. The van der Waals surface area contributed by atoms with Gasteiger partial charge >= 0.3 is 5.97 Å². The molecule has 1 N–H and O–H groups in total. The van der Waals surface area contributed by atoms with Gasteiger partial charge in [-0.3, -0.25) is 9.59 Å². The second-order valence-corrected chi connectivity index (χ2v) is 4.94. The number of carbonyl (C=O) groups is 2. The number of ether oxygens (including phenoxy) is 2. The van der Waals surface area contributed by atoms with Crippen LogP contribution in [0.4, 0.5) is 0 Å². The van der Waals surface area contributed by atoms with Crippen molar-refractivity contribution in [2.24, 2.45) is 0 Å². The number of imidazole rings is 1. The molecule has 0 spiro atoms. The van der Waals surface area contributed by atoms with Crippen molar-refractivity contribution in [3.8, 4) is 0 Å². The van der Waals surface area contributed by atoms with Gasteiger partial charge in [0.2, 0.25) is 5.91 Å². The van der Waals surface area contributed by atoms with Crippen molar-refractivity contribution >= 4 is 22.9 Å². The molecule has 0 aliphatic rings. The van der Waals surface area contributed by atoms with Crippen molar-refractivity contribution in [1.82, 2.24) is 14.9 Å². The first-order valence-corrected chi connectivity index (χ1v) is 7.51. The number of hydrogen-bond donors (Lipinski definition) is 1. The Hall–Kier alpha value is -2.41. The molecular weight excluding hydrogens is 298 g/mol. The molecule has 2 rings (SSSR count). The van der Waals surface area contributed by atoms with Gasteiger partial charge in [0.15, 0.2) is 0 Å². The smallest absolute Gasteiger partial charge is 0.326 e. The zero-order chi connectivity index (χ0) is 16.7. The molecule has 1 aromatic carbocycles. The zero-order valence-corrected chi connectivity index (χ0v) is 13.4. The Bertz CT molecular complexity index is 681. The summed E-state index contributed by atoms with van der Waals surface area (Å²) in [5.41, 5.74) is 1.69. The molecule has 7 heteroatoms. The van der Waals surface area contributed by atoms with E-state index in [0.29, 0.717) is 19.6 Å². The second kappa shape index (κ2) is 8.28. The molecule has 1 amide bonds. The fraction of sp³-hybridized carbons (Fsp3) is 0.438. The molecule has 1 aromatic heterocycles. The first-order valence-electron chi connectivity index (χ1n) is 7.51. The molecule has 0 unspecified atom stereocenters. The number of amides is 1. The topological polar surface area (TPSA) is 82.5 Å². The highest BCUT2D eigenvalue weighted by Gasteiger charge is 2.14. The Morgan fingerprint density at radius 3 is 2.83 bits per heavy atom. The summed E-state index contributed by atoms with van der Waals surface area (Å²) in [5, 5.41) is 2.75. The van der Waals surface area contributed by atoms with Crippen molar-refractivity contribution in [2.45, 2.75) is 19.9 Å². The van der Waals surface area contributed by atoms with Crippen LogP contribution in [0.25, 0.3) is 11.0 Å². The number of fused-ring (bicyclic) bond motifs is 1. The number of esters is 1. The van der Waals surface area contributed by atoms with Crippen LogP contribution >= 0.6 is 0 Å². The molecule has 0 aliphatic carbocycles. The van der Waals surface area contributed by atoms with Crippen molar-refractivity contribution in [3.63, 3.8) is 0 Å². The van der Waals surface area contributed by atoms with E-state index in [0.717, 1.165) is 16.9 Å². The summed E-state index contributed by atoms with van der Waals surface area (Å²) in [4.78, 5) is 27.8. The predicted molar refractivity (Wildman–Crippen MR) is 85.0 cm³/mol. The van der Waals surface area contributed by atoms with Crippen LogP contribution in [0, 0.1) is 0 Å². The standard InChI is InChI=1S/C16H21N3O4/c1-3-23-16(21)10-19-13-7-5-4-6-12(13)18-14(19)8-9-17-15(20)11-22-2/h4-7H,3,8-11H2,1-2H3,(H,17,20). The number of methoxy groups -OCH3 is 1. The Balaban J connectivity index is 2.14. The van der Waals surface area contributed by atoms with Crippen LogP contribution in [0.3, 0.4) is 0 Å². The van der Waals surface area contributed by atoms with Gasteiger partial charge in [0.25, 0.3) is 0 Å². The normalized spacial score (nSPS) is 10.7. The average Bonchev–Trinajstić information content (AvgIpc) is 2.86. The maximum atomic E-state index is 11.8. The third-order valence-corrected chi connectivity index (χ3v) is 3.27. The summed E-state index contributed by atoms with van der Waals surface area (Å²) in [6, 6.07) is 7.60. The molecule has 0 bridgehead atoms. The largest absolute Gasteiger partial charge is 0.465 e. The molecule has 7 nitrogen and oxygen atoms in total. The monoisotopic (exact) mass is 319 g/mol. The van der Waals surface area contributed by atoms with Crippen molar-refractivity contribution in [2.75, 3.05) is 26.9 Å². The Morgan fingerprint density at radius 1 is 1.30 bits per heavy atom. The van der Waals surface area contributed by atoms with Crippen LogP contribution in [-0.4, -0.2) is 48.3 Å². The summed E-state index contributed by atoms with van der Waals surface area (Å²) in [7, 11) is 1.47. The molecular formula is C16H21N3O4. The van der Waals surface area contributed by atoms with E-state index in [1.807, 2.05) is 28.8 Å². The van der Waals surface area contributed by atoms with Crippen LogP contribution in [0.1, 0.15) is 12.7 Å². The number of hydrogen-bond acceptors (Lipinski definition) is 5. The molecule has 0 saturated carbocycles. The Labute approximate surface area is 134 Å². The summed E-state index contributed by atoms with van der Waals surface area (Å²) in [6.07, 6.45) is 0.517. The van der Waals surface area contributed by atoms with E-state index in [2.05, 4.69) is 10.3 Å². The highest BCUT2D eigenvalue weighted by atomic mass is 16.5. The number of rotatable bonds is 8. The van der Waals surface area contributed by atoms with Crippen LogP contribution < -0.4 is 5.32 Å². The van der Waals surface area contributed by atoms with E-state index in [1.54, 1.807) is 6.92 Å². The van der Waals surface area contributed by atoms with Crippen molar-refractivity contribution in [3.05, 3.63) is 30.1 Å². The number of para-hydroxylation sites is 2. The van der Waals surface area contributed by atoms with E-state index < -0.39 is 0 Å². The minimum Gasteiger partial charge on any atom is -0.465 e. The van der Waals surface area contributed by atoms with Gasteiger partial charge in [0, 0.05) is 20.1 Å². The molecule has 0 saturated heterocycles. The molecule has 0 fully saturated rings. The minimum atomic E-state index is -0.305. The molecule has 23 heavy (non-hydrogen) atoms. The molecule has 0 atom stereocenters. The number of benzene rings is 1.